The first-order valence-electron chi connectivity index (χ1n) is 7.27. The Labute approximate surface area is 135 Å². The van der Waals surface area contributed by atoms with Gasteiger partial charge >= 0.3 is 5.97 Å². The minimum absolute atomic E-state index is 0.123. The van der Waals surface area contributed by atoms with Gasteiger partial charge in [0.2, 0.25) is 0 Å². The quantitative estimate of drug-likeness (QED) is 0.445. The zero-order valence-electron chi connectivity index (χ0n) is 13.5. The summed E-state index contributed by atoms with van der Waals surface area (Å²) in [6.45, 7) is 2.24. The lowest BCUT2D eigenvalue weighted by atomic mass is 10.0. The van der Waals surface area contributed by atoms with Gasteiger partial charge in [-0.1, -0.05) is 24.3 Å². The van der Waals surface area contributed by atoms with Crippen molar-refractivity contribution in [2.45, 2.75) is 6.92 Å². The topological polar surface area (TPSA) is 54.0 Å². The van der Waals surface area contributed by atoms with E-state index in [0.29, 0.717) is 18.1 Å². The summed E-state index contributed by atoms with van der Waals surface area (Å²) >= 11 is 0. The second-order valence-electron chi connectivity index (χ2n) is 4.68. The smallest absolute Gasteiger partial charge is 0.330 e. The van der Waals surface area contributed by atoms with E-state index in [1.165, 1.54) is 6.08 Å². The summed E-state index contributed by atoms with van der Waals surface area (Å²) in [7, 11) is 3.13. The van der Waals surface area contributed by atoms with E-state index in [9.17, 15) is 4.79 Å². The van der Waals surface area contributed by atoms with Crippen LogP contribution in [-0.4, -0.2) is 33.6 Å². The van der Waals surface area contributed by atoms with Crippen LogP contribution in [0.5, 0.6) is 11.5 Å². The second kappa shape index (κ2) is 8.19. The van der Waals surface area contributed by atoms with E-state index in [4.69, 9.17) is 18.9 Å². The average Bonchev–Trinajstić information content (AvgIpc) is 2.58. The molecule has 5 nitrogen and oxygen atoms in total. The van der Waals surface area contributed by atoms with Crippen LogP contribution in [0, 0.1) is 0 Å². The summed E-state index contributed by atoms with van der Waals surface area (Å²) in [5.74, 6) is 0.803. The molecule has 0 fully saturated rings. The predicted octanol–water partition coefficient (Wildman–Crippen LogP) is 3.41. The van der Waals surface area contributed by atoms with Gasteiger partial charge in [-0.2, -0.15) is 0 Å². The van der Waals surface area contributed by atoms with E-state index >= 15 is 0 Å². The number of esters is 1. The summed E-state index contributed by atoms with van der Waals surface area (Å²) in [5.41, 5.74) is 0.843. The van der Waals surface area contributed by atoms with Crippen LogP contribution in [0.1, 0.15) is 12.5 Å². The Kier molecular flexibility index (Phi) is 6.00. The van der Waals surface area contributed by atoms with Crippen molar-refractivity contribution in [1.29, 1.82) is 0 Å². The predicted molar refractivity (Wildman–Crippen MR) is 88.7 cm³/mol. The molecular formula is C18H20O5. The van der Waals surface area contributed by atoms with Gasteiger partial charge in [-0.05, 0) is 30.0 Å². The molecule has 0 saturated heterocycles. The highest BCUT2D eigenvalue weighted by Gasteiger charge is 2.13. The Hall–Kier alpha value is -2.53. The molecule has 0 spiro atoms. The molecule has 0 amide bonds. The zero-order chi connectivity index (χ0) is 16.7. The van der Waals surface area contributed by atoms with Gasteiger partial charge in [0, 0.05) is 18.6 Å². The van der Waals surface area contributed by atoms with Crippen LogP contribution >= 0.6 is 0 Å². The van der Waals surface area contributed by atoms with Gasteiger partial charge in [-0.25, -0.2) is 4.79 Å². The number of hydrogen-bond acceptors (Lipinski definition) is 5. The normalized spacial score (nSPS) is 10.9. The molecule has 0 unspecified atom stereocenters. The van der Waals surface area contributed by atoms with Gasteiger partial charge in [0.05, 0.1) is 13.7 Å². The van der Waals surface area contributed by atoms with Gasteiger partial charge in [0.15, 0.2) is 18.3 Å². The Morgan fingerprint density at radius 2 is 1.91 bits per heavy atom. The molecule has 122 valence electrons. The third kappa shape index (κ3) is 4.02. The van der Waals surface area contributed by atoms with Crippen molar-refractivity contribution >= 4 is 22.8 Å². The Morgan fingerprint density at radius 1 is 1.17 bits per heavy atom. The number of fused-ring (bicyclic) bond motifs is 1. The molecule has 2 aromatic rings. The van der Waals surface area contributed by atoms with E-state index in [0.717, 1.165) is 16.3 Å². The third-order valence-corrected chi connectivity index (χ3v) is 3.22. The Morgan fingerprint density at radius 3 is 2.57 bits per heavy atom. The van der Waals surface area contributed by atoms with Crippen LogP contribution in [0.3, 0.4) is 0 Å². The zero-order valence-corrected chi connectivity index (χ0v) is 13.5. The SMILES string of the molecule is CCOC(=O)/C=C\c1cc(OC)c(OCOC)c2ccccc12. The van der Waals surface area contributed by atoms with Crippen molar-refractivity contribution in [2.75, 3.05) is 27.6 Å². The molecule has 0 aliphatic heterocycles. The number of carbonyl (C=O) groups excluding carboxylic acids is 1. The van der Waals surface area contributed by atoms with E-state index in [-0.39, 0.29) is 12.8 Å². The molecule has 5 heteroatoms. The summed E-state index contributed by atoms with van der Waals surface area (Å²) in [6.07, 6.45) is 3.11. The molecular weight excluding hydrogens is 296 g/mol. The largest absolute Gasteiger partial charge is 0.493 e. The summed E-state index contributed by atoms with van der Waals surface area (Å²) < 4.78 is 20.9. The van der Waals surface area contributed by atoms with Crippen molar-refractivity contribution in [1.82, 2.24) is 0 Å². The fourth-order valence-electron chi connectivity index (χ4n) is 2.25. The molecule has 0 aromatic heterocycles. The fourth-order valence-corrected chi connectivity index (χ4v) is 2.25. The first-order valence-corrected chi connectivity index (χ1v) is 7.27. The molecule has 0 bridgehead atoms. The van der Waals surface area contributed by atoms with Crippen molar-refractivity contribution in [3.8, 4) is 11.5 Å². The molecule has 0 saturated carbocycles. The van der Waals surface area contributed by atoms with Crippen molar-refractivity contribution in [3.63, 3.8) is 0 Å². The fraction of sp³-hybridized carbons (Fsp3) is 0.278. The maximum atomic E-state index is 11.5. The monoisotopic (exact) mass is 316 g/mol. The highest BCUT2D eigenvalue weighted by Crippen LogP contribution is 2.38. The number of methoxy groups -OCH3 is 2. The van der Waals surface area contributed by atoms with Gasteiger partial charge in [0.25, 0.3) is 0 Å². The number of rotatable bonds is 7. The van der Waals surface area contributed by atoms with Gasteiger partial charge in [0.1, 0.15) is 0 Å². The minimum Gasteiger partial charge on any atom is -0.493 e. The van der Waals surface area contributed by atoms with Crippen molar-refractivity contribution in [2.24, 2.45) is 0 Å². The summed E-state index contributed by atoms with van der Waals surface area (Å²) in [4.78, 5) is 11.5. The van der Waals surface area contributed by atoms with E-state index in [2.05, 4.69) is 0 Å². The van der Waals surface area contributed by atoms with Crippen LogP contribution in [-0.2, 0) is 14.3 Å². The first kappa shape index (κ1) is 16.8. The lowest BCUT2D eigenvalue weighted by molar-refractivity contribution is -0.137. The van der Waals surface area contributed by atoms with E-state index in [1.54, 1.807) is 27.2 Å². The van der Waals surface area contributed by atoms with Crippen molar-refractivity contribution in [3.05, 3.63) is 42.0 Å². The van der Waals surface area contributed by atoms with Gasteiger partial charge in [-0.15, -0.1) is 0 Å². The molecule has 0 N–H and O–H groups in total. The van der Waals surface area contributed by atoms with Crippen LogP contribution in [0.4, 0.5) is 0 Å². The van der Waals surface area contributed by atoms with Gasteiger partial charge < -0.3 is 18.9 Å². The number of benzene rings is 2. The highest BCUT2D eigenvalue weighted by atomic mass is 16.7. The third-order valence-electron chi connectivity index (χ3n) is 3.22. The average molecular weight is 316 g/mol. The Bertz CT molecular complexity index is 706. The number of hydrogen-bond donors (Lipinski definition) is 0. The molecule has 2 rings (SSSR count). The first-order chi connectivity index (χ1) is 11.2. The summed E-state index contributed by atoms with van der Waals surface area (Å²) in [5, 5.41) is 1.83. The van der Waals surface area contributed by atoms with Gasteiger partial charge in [-0.3, -0.25) is 0 Å². The van der Waals surface area contributed by atoms with E-state index in [1.807, 2.05) is 30.3 Å². The summed E-state index contributed by atoms with van der Waals surface area (Å²) in [6, 6.07) is 9.56. The molecule has 0 radical (unpaired) electrons. The molecule has 2 aromatic carbocycles. The molecule has 0 aliphatic rings. The number of carbonyl (C=O) groups is 1. The lowest BCUT2D eigenvalue weighted by Gasteiger charge is -2.14. The maximum absolute atomic E-state index is 11.5. The van der Waals surface area contributed by atoms with Crippen LogP contribution < -0.4 is 9.47 Å². The molecule has 0 atom stereocenters. The maximum Gasteiger partial charge on any atom is 0.330 e. The standard InChI is InChI=1S/C18H20O5/c1-4-22-17(19)10-9-13-11-16(21-3)18(23-12-20-2)15-8-6-5-7-14(13)15/h5-11H,4,12H2,1-3H3/b10-9-. The molecule has 23 heavy (non-hydrogen) atoms. The van der Waals surface area contributed by atoms with Crippen LogP contribution in [0.25, 0.3) is 16.8 Å². The molecule has 0 aliphatic carbocycles. The van der Waals surface area contributed by atoms with E-state index < -0.39 is 0 Å². The Balaban J connectivity index is 2.51. The lowest BCUT2D eigenvalue weighted by Crippen LogP contribution is -2.02. The second-order valence-corrected chi connectivity index (χ2v) is 4.68. The van der Waals surface area contributed by atoms with Crippen LogP contribution in [0.2, 0.25) is 0 Å². The highest BCUT2D eigenvalue weighted by molar-refractivity contribution is 5.99. The van der Waals surface area contributed by atoms with Crippen molar-refractivity contribution < 1.29 is 23.7 Å². The number of ether oxygens (including phenoxy) is 4. The minimum atomic E-state index is -0.379. The van der Waals surface area contributed by atoms with Crippen LogP contribution in [0.15, 0.2) is 36.4 Å². The molecule has 0 heterocycles.